The molecule has 0 radical (unpaired) electrons. The minimum atomic E-state index is -0.831. The number of alkyl halides is 1. The molecule has 110 valence electrons. The summed E-state index contributed by atoms with van der Waals surface area (Å²) in [4.78, 5) is 4.43. The number of halogens is 3. The highest BCUT2D eigenvalue weighted by Crippen LogP contribution is 2.29. The smallest absolute Gasteiger partial charge is 0.184 e. The second-order valence-corrected chi connectivity index (χ2v) is 5.29. The number of benzene rings is 1. The van der Waals surface area contributed by atoms with Crippen molar-refractivity contribution in [2.45, 2.75) is 45.6 Å². The highest BCUT2D eigenvalue weighted by atomic mass is 35.5. The molecule has 2 rings (SSSR count). The Morgan fingerprint density at radius 3 is 2.65 bits per heavy atom. The van der Waals surface area contributed by atoms with Gasteiger partial charge in [0.1, 0.15) is 11.3 Å². The van der Waals surface area contributed by atoms with Gasteiger partial charge in [-0.25, -0.2) is 13.8 Å². The van der Waals surface area contributed by atoms with E-state index >= 15 is 0 Å². The number of nitrogens with zero attached hydrogens (tertiary/aromatic N) is 2. The fraction of sp³-hybridized carbons (Fsp3) is 0.533. The van der Waals surface area contributed by atoms with Crippen molar-refractivity contribution >= 4 is 22.6 Å². The standard InChI is InChI=1S/C15H19ClF2N2/c1-3-5-10(4-2)20-13(8-9-16)19-12-7-6-11(17)14(18)15(12)20/h6-7,10H,3-5,8-9H2,1-2H3. The molecule has 1 aromatic heterocycles. The van der Waals surface area contributed by atoms with Crippen LogP contribution in [0.3, 0.4) is 0 Å². The van der Waals surface area contributed by atoms with Crippen molar-refractivity contribution in [2.24, 2.45) is 0 Å². The number of aromatic nitrogens is 2. The summed E-state index contributed by atoms with van der Waals surface area (Å²) < 4.78 is 29.6. The predicted octanol–water partition coefficient (Wildman–Crippen LogP) is 4.85. The maximum Gasteiger partial charge on any atom is 0.184 e. The molecule has 2 nitrogen and oxygen atoms in total. The van der Waals surface area contributed by atoms with E-state index in [1.165, 1.54) is 6.07 Å². The van der Waals surface area contributed by atoms with Gasteiger partial charge in [-0.05, 0) is 25.0 Å². The fourth-order valence-corrected chi connectivity index (χ4v) is 2.84. The summed E-state index contributed by atoms with van der Waals surface area (Å²) in [5.74, 6) is -0.497. The topological polar surface area (TPSA) is 17.8 Å². The number of imidazole rings is 1. The van der Waals surface area contributed by atoms with E-state index < -0.39 is 11.6 Å². The van der Waals surface area contributed by atoms with E-state index in [0.29, 0.717) is 17.8 Å². The number of hydrogen-bond donors (Lipinski definition) is 0. The van der Waals surface area contributed by atoms with E-state index in [2.05, 4.69) is 11.9 Å². The highest BCUT2D eigenvalue weighted by Gasteiger charge is 2.21. The number of hydrogen-bond acceptors (Lipinski definition) is 1. The Bertz CT molecular complexity index is 595. The molecule has 0 aliphatic carbocycles. The lowest BCUT2D eigenvalue weighted by Gasteiger charge is -2.20. The first-order valence-corrected chi connectivity index (χ1v) is 7.58. The lowest BCUT2D eigenvalue weighted by molar-refractivity contribution is 0.436. The van der Waals surface area contributed by atoms with Crippen LogP contribution in [0.4, 0.5) is 8.78 Å². The van der Waals surface area contributed by atoms with Crippen molar-refractivity contribution in [2.75, 3.05) is 5.88 Å². The van der Waals surface area contributed by atoms with E-state index in [-0.39, 0.29) is 11.6 Å². The molecule has 20 heavy (non-hydrogen) atoms. The first-order valence-electron chi connectivity index (χ1n) is 7.04. The Labute approximate surface area is 122 Å². The molecule has 0 saturated carbocycles. The van der Waals surface area contributed by atoms with Crippen LogP contribution in [-0.4, -0.2) is 15.4 Å². The van der Waals surface area contributed by atoms with Crippen LogP contribution >= 0.6 is 11.6 Å². The molecule has 1 unspecified atom stereocenters. The first-order chi connectivity index (χ1) is 9.63. The SMILES string of the molecule is CCCC(CC)n1c(CCCl)nc2ccc(F)c(F)c21. The van der Waals surface area contributed by atoms with Gasteiger partial charge in [-0.1, -0.05) is 20.3 Å². The highest BCUT2D eigenvalue weighted by molar-refractivity contribution is 6.17. The van der Waals surface area contributed by atoms with Crippen molar-refractivity contribution < 1.29 is 8.78 Å². The fourth-order valence-electron chi connectivity index (χ4n) is 2.67. The van der Waals surface area contributed by atoms with Crippen molar-refractivity contribution in [1.29, 1.82) is 0 Å². The van der Waals surface area contributed by atoms with Crippen LogP contribution in [0, 0.1) is 11.6 Å². The van der Waals surface area contributed by atoms with E-state index in [9.17, 15) is 8.78 Å². The predicted molar refractivity (Wildman–Crippen MR) is 78.3 cm³/mol. The number of aryl methyl sites for hydroxylation is 1. The van der Waals surface area contributed by atoms with Gasteiger partial charge in [0.2, 0.25) is 0 Å². The second kappa shape index (κ2) is 6.53. The van der Waals surface area contributed by atoms with Crippen LogP contribution in [0.25, 0.3) is 11.0 Å². The first kappa shape index (κ1) is 15.2. The molecule has 2 aromatic rings. The van der Waals surface area contributed by atoms with Crippen LogP contribution in [0.2, 0.25) is 0 Å². The lowest BCUT2D eigenvalue weighted by Crippen LogP contribution is -2.13. The van der Waals surface area contributed by atoms with E-state index in [1.54, 1.807) is 0 Å². The van der Waals surface area contributed by atoms with Gasteiger partial charge in [-0.15, -0.1) is 11.6 Å². The zero-order valence-corrected chi connectivity index (χ0v) is 12.6. The van der Waals surface area contributed by atoms with Gasteiger partial charge >= 0.3 is 0 Å². The van der Waals surface area contributed by atoms with Crippen molar-refractivity contribution in [3.63, 3.8) is 0 Å². The summed E-state index contributed by atoms with van der Waals surface area (Å²) in [7, 11) is 0. The van der Waals surface area contributed by atoms with Crippen LogP contribution in [0.15, 0.2) is 12.1 Å². The molecular formula is C15H19ClF2N2. The molecule has 1 heterocycles. The summed E-state index contributed by atoms with van der Waals surface area (Å²) in [6.45, 7) is 4.13. The second-order valence-electron chi connectivity index (χ2n) is 4.92. The summed E-state index contributed by atoms with van der Waals surface area (Å²) in [6, 6.07) is 2.78. The lowest BCUT2D eigenvalue weighted by atomic mass is 10.1. The summed E-state index contributed by atoms with van der Waals surface area (Å²) in [5, 5.41) is 0. The van der Waals surface area contributed by atoms with Gasteiger partial charge in [0.05, 0.1) is 5.52 Å². The van der Waals surface area contributed by atoms with E-state index in [0.717, 1.165) is 31.2 Å². The minimum Gasteiger partial charge on any atom is -0.322 e. The Balaban J connectivity index is 2.68. The van der Waals surface area contributed by atoms with E-state index in [1.807, 2.05) is 11.5 Å². The molecule has 0 aliphatic heterocycles. The van der Waals surface area contributed by atoms with E-state index in [4.69, 9.17) is 11.6 Å². The molecular weight excluding hydrogens is 282 g/mol. The van der Waals surface area contributed by atoms with Gasteiger partial charge in [-0.2, -0.15) is 0 Å². The van der Waals surface area contributed by atoms with Crippen LogP contribution in [0.1, 0.15) is 45.0 Å². The third-order valence-electron chi connectivity index (χ3n) is 3.59. The molecule has 0 saturated heterocycles. The molecule has 1 aromatic carbocycles. The van der Waals surface area contributed by atoms with Crippen molar-refractivity contribution in [3.8, 4) is 0 Å². The largest absolute Gasteiger partial charge is 0.322 e. The van der Waals surface area contributed by atoms with Gasteiger partial charge in [0.25, 0.3) is 0 Å². The summed E-state index contributed by atoms with van der Waals surface area (Å²) in [6.07, 6.45) is 3.30. The summed E-state index contributed by atoms with van der Waals surface area (Å²) in [5.41, 5.74) is 0.768. The maximum atomic E-state index is 14.2. The molecule has 0 bridgehead atoms. The third-order valence-corrected chi connectivity index (χ3v) is 3.78. The van der Waals surface area contributed by atoms with Gasteiger partial charge in [0.15, 0.2) is 11.6 Å². The molecule has 1 atom stereocenters. The molecule has 0 fully saturated rings. The Hall–Kier alpha value is -1.16. The number of fused-ring (bicyclic) bond motifs is 1. The van der Waals surface area contributed by atoms with Gasteiger partial charge < -0.3 is 4.57 Å². The van der Waals surface area contributed by atoms with Crippen LogP contribution in [-0.2, 0) is 6.42 Å². The average Bonchev–Trinajstić information content (AvgIpc) is 2.80. The molecule has 0 amide bonds. The van der Waals surface area contributed by atoms with Gasteiger partial charge in [-0.3, -0.25) is 0 Å². The molecule has 0 N–H and O–H groups in total. The molecule has 5 heteroatoms. The Kier molecular flexibility index (Phi) is 4.97. The third kappa shape index (κ3) is 2.66. The maximum absolute atomic E-state index is 14.2. The number of rotatable bonds is 6. The zero-order valence-electron chi connectivity index (χ0n) is 11.8. The van der Waals surface area contributed by atoms with Crippen LogP contribution in [0.5, 0.6) is 0 Å². The molecule has 0 aliphatic rings. The normalized spacial score (nSPS) is 13.1. The van der Waals surface area contributed by atoms with Crippen LogP contribution < -0.4 is 0 Å². The minimum absolute atomic E-state index is 0.125. The van der Waals surface area contributed by atoms with Gasteiger partial charge in [0, 0.05) is 18.3 Å². The van der Waals surface area contributed by atoms with Crippen molar-refractivity contribution in [1.82, 2.24) is 9.55 Å². The van der Waals surface area contributed by atoms with Crippen molar-refractivity contribution in [3.05, 3.63) is 29.6 Å². The quantitative estimate of drug-likeness (QED) is 0.698. The Morgan fingerprint density at radius 2 is 2.05 bits per heavy atom. The summed E-state index contributed by atoms with van der Waals surface area (Å²) >= 11 is 5.81. The monoisotopic (exact) mass is 300 g/mol. The zero-order chi connectivity index (χ0) is 14.7. The molecule has 0 spiro atoms. The average molecular weight is 301 g/mol. The Morgan fingerprint density at radius 1 is 1.30 bits per heavy atom.